The maximum Gasteiger partial charge on any atom is 1.00 e. The first-order valence-corrected chi connectivity index (χ1v) is 5.81. The third-order valence-electron chi connectivity index (χ3n) is 2.09. The number of carboxylic acids is 3. The second-order valence-corrected chi connectivity index (χ2v) is 4.58. The minimum atomic E-state index is -5.26. The molecule has 0 atom stereocenters. The van der Waals surface area contributed by atoms with Crippen molar-refractivity contribution in [2.75, 3.05) is 0 Å². The Morgan fingerprint density at radius 2 is 1.35 bits per heavy atom. The third kappa shape index (κ3) is 3.55. The van der Waals surface area contributed by atoms with Gasteiger partial charge in [-0.3, -0.25) is 0 Å². The van der Waals surface area contributed by atoms with Crippen molar-refractivity contribution in [1.82, 2.24) is 0 Å². The van der Waals surface area contributed by atoms with E-state index in [-0.39, 0.29) is 29.6 Å². The molecule has 102 valence electrons. The number of hydrogen-bond donors (Lipinski definition) is 3. The van der Waals surface area contributed by atoms with Crippen molar-refractivity contribution in [3.05, 3.63) is 28.8 Å². The first kappa shape index (κ1) is 18.5. The third-order valence-corrected chi connectivity index (χ3v) is 2.97. The van der Waals surface area contributed by atoms with Gasteiger partial charge in [0.2, 0.25) is 0 Å². The average molecular weight is 312 g/mol. The quantitative estimate of drug-likeness (QED) is 0.380. The van der Waals surface area contributed by atoms with Crippen LogP contribution in [0.5, 0.6) is 0 Å². The number of carbonyl (C=O) groups is 3. The number of carboxylic acid groups (broad SMARTS) is 3. The summed E-state index contributed by atoms with van der Waals surface area (Å²) < 4.78 is 32.6. The van der Waals surface area contributed by atoms with Gasteiger partial charge in [0.05, 0.1) is 21.6 Å². The molecule has 11 heteroatoms. The molecule has 0 amide bonds. The molecule has 0 heterocycles. The van der Waals surface area contributed by atoms with Crippen LogP contribution in [-0.4, -0.2) is 46.2 Å². The first-order chi connectivity index (χ1) is 8.57. The van der Waals surface area contributed by atoms with Gasteiger partial charge in [-0.25, -0.2) is 22.8 Å². The van der Waals surface area contributed by atoms with Crippen LogP contribution in [0.25, 0.3) is 0 Å². The molecule has 0 bridgehead atoms. The van der Waals surface area contributed by atoms with E-state index in [1.807, 2.05) is 0 Å². The van der Waals surface area contributed by atoms with E-state index in [1.165, 1.54) is 0 Å². The van der Waals surface area contributed by atoms with Crippen LogP contribution in [0, 0.1) is 0 Å². The van der Waals surface area contributed by atoms with Crippen molar-refractivity contribution in [2.45, 2.75) is 4.90 Å². The van der Waals surface area contributed by atoms with Crippen LogP contribution < -0.4 is 29.6 Å². The maximum atomic E-state index is 10.9. The molecule has 1 aromatic carbocycles. The fraction of sp³-hybridized carbons (Fsp3) is 0. The number of hydrogen-bond acceptors (Lipinski definition) is 6. The summed E-state index contributed by atoms with van der Waals surface area (Å²) >= 11 is 0. The summed E-state index contributed by atoms with van der Waals surface area (Å²) in [6, 6.07) is 0.991. The fourth-order valence-corrected chi connectivity index (χ4v) is 2.08. The number of benzene rings is 1. The molecule has 0 radical (unpaired) electrons. The molecule has 0 aromatic heterocycles. The minimum Gasteiger partial charge on any atom is -0.744 e. The molecule has 0 fully saturated rings. The predicted octanol–water partition coefficient (Wildman–Crippen LogP) is -3.31. The number of aromatic carboxylic acids is 3. The van der Waals surface area contributed by atoms with Gasteiger partial charge in [-0.1, -0.05) is 0 Å². The summed E-state index contributed by atoms with van der Waals surface area (Å²) in [5.74, 6) is -5.77. The Kier molecular flexibility index (Phi) is 5.86. The van der Waals surface area contributed by atoms with Crippen molar-refractivity contribution in [3.8, 4) is 0 Å². The summed E-state index contributed by atoms with van der Waals surface area (Å²) in [5, 5.41) is 26.3. The zero-order valence-corrected chi connectivity index (χ0v) is 12.7. The van der Waals surface area contributed by atoms with E-state index in [0.29, 0.717) is 12.1 Å². The molecular weight excluding hydrogens is 307 g/mol. The van der Waals surface area contributed by atoms with Gasteiger partial charge in [0.1, 0.15) is 10.1 Å². The Bertz CT molecular complexity index is 692. The molecule has 9 nitrogen and oxygen atoms in total. The molecule has 0 spiro atoms. The second kappa shape index (κ2) is 6.33. The second-order valence-electron chi connectivity index (χ2n) is 3.23. The molecule has 0 saturated carbocycles. The minimum absolute atomic E-state index is 0. The summed E-state index contributed by atoms with van der Waals surface area (Å²) in [6.07, 6.45) is 0. The van der Waals surface area contributed by atoms with Crippen LogP contribution in [-0.2, 0) is 10.1 Å². The van der Waals surface area contributed by atoms with Crippen molar-refractivity contribution in [2.24, 2.45) is 0 Å². The van der Waals surface area contributed by atoms with Crippen LogP contribution in [0.2, 0.25) is 0 Å². The van der Waals surface area contributed by atoms with Crippen LogP contribution in [0.4, 0.5) is 0 Å². The normalized spacial score (nSPS) is 10.4. The largest absolute Gasteiger partial charge is 1.00 e. The zero-order valence-electron chi connectivity index (χ0n) is 9.85. The van der Waals surface area contributed by atoms with Crippen LogP contribution >= 0.6 is 0 Å². The summed E-state index contributed by atoms with van der Waals surface area (Å²) in [7, 11) is -5.26. The SMILES string of the molecule is O=C(O)c1ccc(S(=O)(=O)[O-])c(C(=O)O)c1C(=O)O.[Na+]. The van der Waals surface area contributed by atoms with Gasteiger partial charge in [0.25, 0.3) is 0 Å². The first-order valence-electron chi connectivity index (χ1n) is 4.40. The zero-order chi connectivity index (χ0) is 15.0. The van der Waals surface area contributed by atoms with Gasteiger partial charge in [-0.05, 0) is 12.1 Å². The Morgan fingerprint density at radius 3 is 1.65 bits per heavy atom. The Hall–Kier alpha value is -1.46. The predicted molar refractivity (Wildman–Crippen MR) is 55.3 cm³/mol. The van der Waals surface area contributed by atoms with Crippen molar-refractivity contribution in [1.29, 1.82) is 0 Å². The van der Waals surface area contributed by atoms with Gasteiger partial charge < -0.3 is 19.9 Å². The maximum absolute atomic E-state index is 10.9. The summed E-state index contributed by atoms with van der Waals surface area (Å²) in [4.78, 5) is 31.3. The van der Waals surface area contributed by atoms with E-state index in [1.54, 1.807) is 0 Å². The summed E-state index contributed by atoms with van der Waals surface area (Å²) in [5.41, 5.74) is -3.57. The van der Waals surface area contributed by atoms with Gasteiger partial charge in [-0.15, -0.1) is 0 Å². The number of rotatable bonds is 4. The molecule has 0 aliphatic rings. The standard InChI is InChI=1S/C9H6O9S.Na/c10-7(11)3-1-2-4(19(16,17)18)6(9(14)15)5(3)8(12)13;/h1-2H,(H,10,11)(H,12,13)(H,14,15)(H,16,17,18);/q;+1/p-1. The molecule has 1 aromatic rings. The van der Waals surface area contributed by atoms with E-state index in [2.05, 4.69) is 0 Å². The van der Waals surface area contributed by atoms with Gasteiger partial charge in [-0.2, -0.15) is 0 Å². The molecule has 3 N–H and O–H groups in total. The van der Waals surface area contributed by atoms with Gasteiger partial charge in [0.15, 0.2) is 0 Å². The van der Waals surface area contributed by atoms with Crippen LogP contribution in [0.15, 0.2) is 17.0 Å². The van der Waals surface area contributed by atoms with Gasteiger partial charge >= 0.3 is 47.5 Å². The Morgan fingerprint density at radius 1 is 0.900 bits per heavy atom. The molecule has 0 unspecified atom stereocenters. The van der Waals surface area contributed by atoms with E-state index >= 15 is 0 Å². The van der Waals surface area contributed by atoms with Crippen LogP contribution in [0.3, 0.4) is 0 Å². The molecule has 0 aliphatic carbocycles. The van der Waals surface area contributed by atoms with Crippen molar-refractivity contribution in [3.63, 3.8) is 0 Å². The molecule has 20 heavy (non-hydrogen) atoms. The Balaban J connectivity index is 0.00000361. The van der Waals surface area contributed by atoms with Crippen molar-refractivity contribution < 1.29 is 72.2 Å². The van der Waals surface area contributed by atoms with E-state index in [4.69, 9.17) is 15.3 Å². The average Bonchev–Trinajstić information content (AvgIpc) is 2.25. The molecular formula is C9H5NaO9S. The van der Waals surface area contributed by atoms with E-state index < -0.39 is 49.6 Å². The van der Waals surface area contributed by atoms with E-state index in [0.717, 1.165) is 0 Å². The van der Waals surface area contributed by atoms with Crippen LogP contribution in [0.1, 0.15) is 31.1 Å². The smallest absolute Gasteiger partial charge is 0.744 e. The molecule has 0 aliphatic heterocycles. The summed E-state index contributed by atoms with van der Waals surface area (Å²) in [6.45, 7) is 0. The Labute approximate surface area is 133 Å². The topological polar surface area (TPSA) is 169 Å². The monoisotopic (exact) mass is 312 g/mol. The molecule has 0 saturated heterocycles. The fourth-order valence-electron chi connectivity index (χ4n) is 1.40. The molecule has 1 rings (SSSR count). The van der Waals surface area contributed by atoms with E-state index in [9.17, 15) is 27.4 Å². The van der Waals surface area contributed by atoms with Crippen molar-refractivity contribution >= 4 is 28.0 Å². The van der Waals surface area contributed by atoms with Gasteiger partial charge in [0, 0.05) is 0 Å².